The summed E-state index contributed by atoms with van der Waals surface area (Å²) in [5, 5.41) is 0.695. The second-order valence-corrected chi connectivity index (χ2v) is 9.62. The monoisotopic (exact) mass is 448 g/mol. The molecule has 1 aromatic heterocycles. The van der Waals surface area contributed by atoms with Gasteiger partial charge in [-0.1, -0.05) is 54.9 Å². The lowest BCUT2D eigenvalue weighted by Gasteiger charge is -2.22. The van der Waals surface area contributed by atoms with E-state index in [4.69, 9.17) is 21.3 Å². The molecule has 1 aliphatic rings. The van der Waals surface area contributed by atoms with Gasteiger partial charge in [-0.15, -0.1) is 0 Å². The highest BCUT2D eigenvalue weighted by Gasteiger charge is 2.30. The molecule has 0 spiro atoms. The Balaban J connectivity index is 1.94. The zero-order chi connectivity index (χ0) is 23.0. The molecule has 0 saturated heterocycles. The smallest absolute Gasteiger partial charge is 0.307 e. The number of halogens is 1. The number of aryl methyl sites for hydroxylation is 2. The highest BCUT2D eigenvalue weighted by atomic mass is 35.5. The first-order valence-corrected chi connectivity index (χ1v) is 11.4. The van der Waals surface area contributed by atoms with Crippen molar-refractivity contribution in [1.82, 2.24) is 9.55 Å². The van der Waals surface area contributed by atoms with Crippen LogP contribution in [0.1, 0.15) is 68.4 Å². The molecular weight excluding hydrogens is 420 g/mol. The summed E-state index contributed by atoms with van der Waals surface area (Å²) < 4.78 is 7.91. The fourth-order valence-corrected chi connectivity index (χ4v) is 4.54. The molecular formula is C27H29ClN2O2. The number of fused-ring (bicyclic) bond motifs is 3. The van der Waals surface area contributed by atoms with Crippen molar-refractivity contribution in [2.24, 2.45) is 0 Å². The van der Waals surface area contributed by atoms with Crippen LogP contribution in [0.2, 0.25) is 5.02 Å². The molecule has 0 bridgehead atoms. The maximum Gasteiger partial charge on any atom is 0.307 e. The molecule has 0 fully saturated rings. The number of hydrogen-bond donors (Lipinski definition) is 0. The minimum absolute atomic E-state index is 0.168. The maximum absolute atomic E-state index is 12.9. The van der Waals surface area contributed by atoms with Gasteiger partial charge in [0.25, 0.3) is 0 Å². The van der Waals surface area contributed by atoms with Gasteiger partial charge in [0.05, 0.1) is 23.5 Å². The molecule has 1 unspecified atom stereocenters. The molecule has 3 aromatic rings. The Hall–Kier alpha value is -2.85. The normalized spacial score (nSPS) is 15.4. The van der Waals surface area contributed by atoms with Crippen molar-refractivity contribution in [2.75, 3.05) is 0 Å². The van der Waals surface area contributed by atoms with Crippen LogP contribution in [0.25, 0.3) is 11.3 Å². The van der Waals surface area contributed by atoms with E-state index in [0.29, 0.717) is 5.02 Å². The summed E-state index contributed by atoms with van der Waals surface area (Å²) in [5.41, 5.74) is 5.86. The van der Waals surface area contributed by atoms with Crippen LogP contribution in [0, 0.1) is 6.92 Å². The number of imidazole rings is 1. The van der Waals surface area contributed by atoms with Gasteiger partial charge in [0.2, 0.25) is 0 Å². The van der Waals surface area contributed by atoms with Gasteiger partial charge in [0.15, 0.2) is 0 Å². The van der Waals surface area contributed by atoms with Crippen molar-refractivity contribution in [1.29, 1.82) is 0 Å². The number of benzene rings is 2. The lowest BCUT2D eigenvalue weighted by atomic mass is 9.91. The molecule has 2 heterocycles. The van der Waals surface area contributed by atoms with Crippen molar-refractivity contribution in [3.63, 3.8) is 0 Å². The van der Waals surface area contributed by atoms with Crippen LogP contribution in [0.15, 0.2) is 54.6 Å². The lowest BCUT2D eigenvalue weighted by Crippen LogP contribution is -2.25. The van der Waals surface area contributed by atoms with Crippen LogP contribution < -0.4 is 0 Å². The topological polar surface area (TPSA) is 44.1 Å². The van der Waals surface area contributed by atoms with Crippen LogP contribution in [0.4, 0.5) is 0 Å². The van der Waals surface area contributed by atoms with Crippen molar-refractivity contribution >= 4 is 23.1 Å². The molecule has 0 amide bonds. The molecule has 32 heavy (non-hydrogen) atoms. The summed E-state index contributed by atoms with van der Waals surface area (Å²) in [5.74, 6) is 0.538. The number of esters is 1. The van der Waals surface area contributed by atoms with Gasteiger partial charge in [0, 0.05) is 16.5 Å². The standard InChI is InChI=1S/C27H29ClN2O2/c1-6-23-26-19(16-25(31)32-27(3,4)5)15-22(18-11-13-20(28)14-12-18)21-9-7-8-10-24(21)30(26)17(2)29-23/h7-15,19H,6,16H2,1-5H3. The van der Waals surface area contributed by atoms with Crippen molar-refractivity contribution < 1.29 is 9.53 Å². The Labute approximate surface area is 194 Å². The molecule has 0 radical (unpaired) electrons. The maximum atomic E-state index is 12.9. The van der Waals surface area contributed by atoms with E-state index in [1.807, 2.05) is 64.1 Å². The number of ether oxygens (including phenoxy) is 1. The Morgan fingerprint density at radius 1 is 1.12 bits per heavy atom. The van der Waals surface area contributed by atoms with Crippen LogP contribution in [0.3, 0.4) is 0 Å². The number of allylic oxidation sites excluding steroid dienone is 1. The quantitative estimate of drug-likeness (QED) is 0.419. The highest BCUT2D eigenvalue weighted by molar-refractivity contribution is 6.30. The third-order valence-electron chi connectivity index (χ3n) is 5.61. The zero-order valence-corrected chi connectivity index (χ0v) is 20.0. The summed E-state index contributed by atoms with van der Waals surface area (Å²) in [7, 11) is 0. The number of nitrogens with zero attached hydrogens (tertiary/aromatic N) is 2. The fraction of sp³-hybridized carbons (Fsp3) is 0.333. The summed E-state index contributed by atoms with van der Waals surface area (Å²) in [6, 6.07) is 16.2. The van der Waals surface area contributed by atoms with Gasteiger partial charge >= 0.3 is 5.97 Å². The number of hydrogen-bond acceptors (Lipinski definition) is 3. The number of para-hydroxylation sites is 1. The largest absolute Gasteiger partial charge is 0.460 e. The Kier molecular flexibility index (Phi) is 6.00. The Morgan fingerprint density at radius 3 is 2.47 bits per heavy atom. The average molecular weight is 449 g/mol. The predicted octanol–water partition coefficient (Wildman–Crippen LogP) is 6.66. The number of carbonyl (C=O) groups is 1. The molecule has 1 atom stereocenters. The Morgan fingerprint density at radius 2 is 1.81 bits per heavy atom. The minimum Gasteiger partial charge on any atom is -0.460 e. The van der Waals surface area contributed by atoms with Gasteiger partial charge in [-0.3, -0.25) is 9.36 Å². The predicted molar refractivity (Wildman–Crippen MR) is 129 cm³/mol. The molecule has 0 aliphatic carbocycles. The molecule has 2 aromatic carbocycles. The van der Waals surface area contributed by atoms with Crippen LogP contribution in [0.5, 0.6) is 0 Å². The van der Waals surface area contributed by atoms with Crippen molar-refractivity contribution in [2.45, 2.75) is 59.0 Å². The minimum atomic E-state index is -0.531. The summed E-state index contributed by atoms with van der Waals surface area (Å²) >= 11 is 6.16. The fourth-order valence-electron chi connectivity index (χ4n) is 4.42. The van der Waals surface area contributed by atoms with Gasteiger partial charge in [-0.25, -0.2) is 4.98 Å². The number of rotatable bonds is 4. The van der Waals surface area contributed by atoms with Crippen LogP contribution in [-0.4, -0.2) is 21.1 Å². The SMILES string of the molecule is CCc1nc(C)n2c1C(CC(=O)OC(C)(C)C)C=C(c1ccc(Cl)cc1)c1ccccc1-2. The highest BCUT2D eigenvalue weighted by Crippen LogP contribution is 2.40. The molecule has 1 aliphatic heterocycles. The lowest BCUT2D eigenvalue weighted by molar-refractivity contribution is -0.155. The number of aromatic nitrogens is 2. The molecule has 5 heteroatoms. The van der Waals surface area contributed by atoms with Crippen molar-refractivity contribution in [3.05, 3.63) is 88.0 Å². The van der Waals surface area contributed by atoms with Crippen LogP contribution >= 0.6 is 11.6 Å². The second-order valence-electron chi connectivity index (χ2n) is 9.18. The zero-order valence-electron chi connectivity index (χ0n) is 19.3. The van der Waals surface area contributed by atoms with E-state index >= 15 is 0 Å². The summed E-state index contributed by atoms with van der Waals surface area (Å²) in [4.78, 5) is 17.8. The molecule has 4 nitrogen and oxygen atoms in total. The van der Waals surface area contributed by atoms with E-state index in [0.717, 1.165) is 46.0 Å². The van der Waals surface area contributed by atoms with E-state index in [-0.39, 0.29) is 18.3 Å². The van der Waals surface area contributed by atoms with E-state index in [9.17, 15) is 4.79 Å². The van der Waals surface area contributed by atoms with E-state index in [1.165, 1.54) is 0 Å². The van der Waals surface area contributed by atoms with Gasteiger partial charge in [0.1, 0.15) is 11.4 Å². The third-order valence-corrected chi connectivity index (χ3v) is 5.86. The average Bonchev–Trinajstić information content (AvgIpc) is 2.99. The molecule has 0 N–H and O–H groups in total. The molecule has 166 valence electrons. The van der Waals surface area contributed by atoms with Gasteiger partial charge in [-0.05, 0) is 63.5 Å². The van der Waals surface area contributed by atoms with Crippen LogP contribution in [-0.2, 0) is 16.0 Å². The first-order chi connectivity index (χ1) is 15.2. The molecule has 0 saturated carbocycles. The van der Waals surface area contributed by atoms with E-state index < -0.39 is 5.60 Å². The van der Waals surface area contributed by atoms with E-state index in [2.05, 4.69) is 29.7 Å². The molecule has 4 rings (SSSR count). The Bertz CT molecular complexity index is 1180. The second kappa shape index (κ2) is 8.59. The third kappa shape index (κ3) is 4.37. The van der Waals surface area contributed by atoms with Crippen molar-refractivity contribution in [3.8, 4) is 5.69 Å². The van der Waals surface area contributed by atoms with Gasteiger partial charge < -0.3 is 4.74 Å². The first-order valence-electron chi connectivity index (χ1n) is 11.1. The first kappa shape index (κ1) is 22.3. The van der Waals surface area contributed by atoms with Gasteiger partial charge in [-0.2, -0.15) is 0 Å². The summed E-state index contributed by atoms with van der Waals surface area (Å²) in [6.07, 6.45) is 3.24. The number of carbonyl (C=O) groups excluding carboxylic acids is 1. The summed E-state index contributed by atoms with van der Waals surface area (Å²) in [6.45, 7) is 9.82. The van der Waals surface area contributed by atoms with E-state index in [1.54, 1.807) is 0 Å².